The highest BCUT2D eigenvalue weighted by Crippen LogP contribution is 2.19. The van der Waals surface area contributed by atoms with Gasteiger partial charge in [-0.3, -0.25) is 9.78 Å². The lowest BCUT2D eigenvalue weighted by Crippen LogP contribution is -2.50. The van der Waals surface area contributed by atoms with Gasteiger partial charge in [-0.15, -0.1) is 0 Å². The molecule has 0 spiro atoms. The van der Waals surface area contributed by atoms with Crippen molar-refractivity contribution < 1.29 is 14.6 Å². The maximum absolute atomic E-state index is 12.5. The molecule has 0 saturated carbocycles. The topological polar surface area (TPSA) is 74.7 Å². The van der Waals surface area contributed by atoms with Crippen molar-refractivity contribution in [3.05, 3.63) is 24.0 Å². The minimum atomic E-state index is -0.312. The number of rotatable bonds is 3. The van der Waals surface area contributed by atoms with Crippen molar-refractivity contribution in [3.63, 3.8) is 0 Å². The van der Waals surface area contributed by atoms with Gasteiger partial charge in [-0.1, -0.05) is 0 Å². The minimum absolute atomic E-state index is 0.0691. The zero-order valence-electron chi connectivity index (χ0n) is 11.2. The average molecular weight is 265 g/mol. The number of carbonyl (C=O) groups is 1. The fraction of sp³-hybridized carbons (Fsp3) is 0.538. The Morgan fingerprint density at radius 1 is 1.63 bits per heavy atom. The Hall–Kier alpha value is -1.66. The summed E-state index contributed by atoms with van der Waals surface area (Å²) in [5.41, 5.74) is 1.29. The van der Waals surface area contributed by atoms with Gasteiger partial charge in [-0.25, -0.2) is 0 Å². The summed E-state index contributed by atoms with van der Waals surface area (Å²) in [6.45, 7) is 2.75. The Kier molecular flexibility index (Phi) is 4.34. The van der Waals surface area contributed by atoms with Gasteiger partial charge in [0.05, 0.1) is 36.3 Å². The van der Waals surface area contributed by atoms with Gasteiger partial charge >= 0.3 is 0 Å². The fourth-order valence-corrected chi connectivity index (χ4v) is 2.26. The molecule has 1 aromatic rings. The summed E-state index contributed by atoms with van der Waals surface area (Å²) in [5, 5.41) is 12.2. The highest BCUT2D eigenvalue weighted by Gasteiger charge is 2.29. The normalized spacial score (nSPS) is 23.2. The summed E-state index contributed by atoms with van der Waals surface area (Å²) < 4.78 is 5.54. The van der Waals surface area contributed by atoms with Gasteiger partial charge in [0, 0.05) is 26.3 Å². The van der Waals surface area contributed by atoms with E-state index in [1.54, 1.807) is 30.4 Å². The standard InChI is InChI=1S/C13H19N3O3/c1-9-6-16(7-10(8-17)19-9)13(18)11-3-4-15-5-12(11)14-2/h3-5,9-10,14,17H,6-8H2,1-2H3. The van der Waals surface area contributed by atoms with E-state index in [0.717, 1.165) is 0 Å². The van der Waals surface area contributed by atoms with E-state index in [2.05, 4.69) is 10.3 Å². The Labute approximate surface area is 112 Å². The van der Waals surface area contributed by atoms with Crippen LogP contribution < -0.4 is 5.32 Å². The first-order valence-electron chi connectivity index (χ1n) is 6.33. The quantitative estimate of drug-likeness (QED) is 0.824. The van der Waals surface area contributed by atoms with E-state index in [1.807, 2.05) is 6.92 Å². The van der Waals surface area contributed by atoms with E-state index in [9.17, 15) is 9.90 Å². The molecule has 2 N–H and O–H groups in total. The molecule has 2 heterocycles. The molecule has 2 rings (SSSR count). The number of amides is 1. The largest absolute Gasteiger partial charge is 0.394 e. The number of aliphatic hydroxyl groups excluding tert-OH is 1. The number of nitrogens with one attached hydrogen (secondary N) is 1. The van der Waals surface area contributed by atoms with Crippen molar-refractivity contribution in [2.24, 2.45) is 0 Å². The first-order chi connectivity index (χ1) is 9.15. The maximum atomic E-state index is 12.5. The molecule has 1 amide bonds. The average Bonchev–Trinajstić information content (AvgIpc) is 2.45. The molecule has 1 aliphatic heterocycles. The number of anilines is 1. The van der Waals surface area contributed by atoms with Crippen LogP contribution in [-0.2, 0) is 4.74 Å². The van der Waals surface area contributed by atoms with Gasteiger partial charge in [0.15, 0.2) is 0 Å². The van der Waals surface area contributed by atoms with Crippen LogP contribution in [0.25, 0.3) is 0 Å². The van der Waals surface area contributed by atoms with Crippen molar-refractivity contribution in [1.82, 2.24) is 9.88 Å². The molecule has 0 aliphatic carbocycles. The maximum Gasteiger partial charge on any atom is 0.256 e. The lowest BCUT2D eigenvalue weighted by Gasteiger charge is -2.36. The third-order valence-electron chi connectivity index (χ3n) is 3.14. The first-order valence-corrected chi connectivity index (χ1v) is 6.33. The number of aromatic nitrogens is 1. The van der Waals surface area contributed by atoms with Gasteiger partial charge in [0.25, 0.3) is 5.91 Å². The van der Waals surface area contributed by atoms with Gasteiger partial charge in [-0.05, 0) is 13.0 Å². The van der Waals surface area contributed by atoms with E-state index in [0.29, 0.717) is 24.3 Å². The molecule has 1 aromatic heterocycles. The molecule has 19 heavy (non-hydrogen) atoms. The summed E-state index contributed by atoms with van der Waals surface area (Å²) in [6.07, 6.45) is 2.84. The molecule has 1 fully saturated rings. The molecule has 0 aromatic carbocycles. The van der Waals surface area contributed by atoms with Crippen LogP contribution in [0.3, 0.4) is 0 Å². The monoisotopic (exact) mass is 265 g/mol. The van der Waals surface area contributed by atoms with Crippen LogP contribution in [0, 0.1) is 0 Å². The molecule has 0 radical (unpaired) electrons. The molecule has 2 unspecified atom stereocenters. The fourth-order valence-electron chi connectivity index (χ4n) is 2.26. The van der Waals surface area contributed by atoms with Crippen LogP contribution in [-0.4, -0.2) is 59.8 Å². The van der Waals surface area contributed by atoms with Crippen LogP contribution in [0.2, 0.25) is 0 Å². The van der Waals surface area contributed by atoms with Gasteiger partial charge < -0.3 is 20.1 Å². The van der Waals surface area contributed by atoms with Crippen LogP contribution >= 0.6 is 0 Å². The summed E-state index contributed by atoms with van der Waals surface area (Å²) in [7, 11) is 1.76. The van der Waals surface area contributed by atoms with E-state index in [-0.39, 0.29) is 24.7 Å². The number of ether oxygens (including phenoxy) is 1. The summed E-state index contributed by atoms with van der Waals surface area (Å²) >= 11 is 0. The zero-order chi connectivity index (χ0) is 13.8. The minimum Gasteiger partial charge on any atom is -0.394 e. The van der Waals surface area contributed by atoms with Crippen molar-refractivity contribution in [1.29, 1.82) is 0 Å². The lowest BCUT2D eigenvalue weighted by atomic mass is 10.1. The van der Waals surface area contributed by atoms with Crippen LogP contribution in [0.5, 0.6) is 0 Å². The highest BCUT2D eigenvalue weighted by molar-refractivity contribution is 5.99. The van der Waals surface area contributed by atoms with E-state index in [1.165, 1.54) is 0 Å². The lowest BCUT2D eigenvalue weighted by molar-refractivity contribution is -0.0858. The first kappa shape index (κ1) is 13.8. The summed E-state index contributed by atoms with van der Waals surface area (Å²) in [6, 6.07) is 1.70. The second-order valence-electron chi connectivity index (χ2n) is 4.63. The molecule has 104 valence electrons. The van der Waals surface area contributed by atoms with Crippen molar-refractivity contribution in [2.75, 3.05) is 32.1 Å². The smallest absolute Gasteiger partial charge is 0.256 e. The molecule has 6 heteroatoms. The molecule has 1 aliphatic rings. The Bertz CT molecular complexity index is 453. The molecule has 6 nitrogen and oxygen atoms in total. The molecule has 1 saturated heterocycles. The second kappa shape index (κ2) is 5.99. The van der Waals surface area contributed by atoms with Crippen molar-refractivity contribution in [3.8, 4) is 0 Å². The number of morpholine rings is 1. The van der Waals surface area contributed by atoms with Crippen LogP contribution in [0.1, 0.15) is 17.3 Å². The number of pyridine rings is 1. The molecule has 2 atom stereocenters. The number of aliphatic hydroxyl groups is 1. The Balaban J connectivity index is 2.18. The molecular formula is C13H19N3O3. The predicted octanol–water partition coefficient (Wildman–Crippen LogP) is 0.345. The summed E-state index contributed by atoms with van der Waals surface area (Å²) in [5.74, 6) is -0.0691. The molecular weight excluding hydrogens is 246 g/mol. The van der Waals surface area contributed by atoms with Gasteiger partial charge in [-0.2, -0.15) is 0 Å². The van der Waals surface area contributed by atoms with E-state index in [4.69, 9.17) is 4.74 Å². The molecule has 0 bridgehead atoms. The van der Waals surface area contributed by atoms with E-state index < -0.39 is 0 Å². The Morgan fingerprint density at radius 2 is 2.42 bits per heavy atom. The van der Waals surface area contributed by atoms with Crippen molar-refractivity contribution >= 4 is 11.6 Å². The predicted molar refractivity (Wildman–Crippen MR) is 71.1 cm³/mol. The number of hydrogen-bond acceptors (Lipinski definition) is 5. The number of carbonyl (C=O) groups excluding carboxylic acids is 1. The third kappa shape index (κ3) is 3.02. The van der Waals surface area contributed by atoms with Gasteiger partial charge in [0.1, 0.15) is 0 Å². The highest BCUT2D eigenvalue weighted by atomic mass is 16.5. The number of nitrogens with zero attached hydrogens (tertiary/aromatic N) is 2. The van der Waals surface area contributed by atoms with Crippen molar-refractivity contribution in [2.45, 2.75) is 19.1 Å². The van der Waals surface area contributed by atoms with Gasteiger partial charge in [0.2, 0.25) is 0 Å². The third-order valence-corrected chi connectivity index (χ3v) is 3.14. The van der Waals surface area contributed by atoms with E-state index >= 15 is 0 Å². The second-order valence-corrected chi connectivity index (χ2v) is 4.63. The zero-order valence-corrected chi connectivity index (χ0v) is 11.2. The Morgan fingerprint density at radius 3 is 3.11 bits per heavy atom. The number of hydrogen-bond donors (Lipinski definition) is 2. The summed E-state index contributed by atoms with van der Waals surface area (Å²) in [4.78, 5) is 18.2. The van der Waals surface area contributed by atoms with Crippen LogP contribution in [0.4, 0.5) is 5.69 Å². The SMILES string of the molecule is CNc1cnccc1C(=O)N1CC(C)OC(CO)C1. The van der Waals surface area contributed by atoms with Crippen LogP contribution in [0.15, 0.2) is 18.5 Å².